The SMILES string of the molecule is CC(C)(C)CC(C)(C)OC(=O)N(Cc1ccc(C(c2cc(F)ccc2F)S(=O)(=O)c2ccc(Cl)cc2)nc1)C(=O)O. The molecule has 0 spiro atoms. The van der Waals surface area contributed by atoms with Crippen LogP contribution >= 0.6 is 11.6 Å². The smallest absolute Gasteiger partial charge is 0.420 e. The van der Waals surface area contributed by atoms with E-state index >= 15 is 0 Å². The summed E-state index contributed by atoms with van der Waals surface area (Å²) in [6.45, 7) is 8.79. The summed E-state index contributed by atoms with van der Waals surface area (Å²) in [6.07, 6.45) is -1.01. The van der Waals surface area contributed by atoms with Crippen molar-refractivity contribution in [2.24, 2.45) is 5.41 Å². The van der Waals surface area contributed by atoms with E-state index in [4.69, 9.17) is 16.3 Å². The summed E-state index contributed by atoms with van der Waals surface area (Å²) in [4.78, 5) is 29.1. The standard InChI is InChI=1S/C29H31ClF2N2O6S/c1-28(2,3)17-29(4,5)40-27(37)34(26(35)36)16-18-6-13-24(33-15-18)25(22-14-20(31)9-12-23(22)32)41(38,39)21-10-7-19(30)8-11-21/h6-15,25H,16-17H2,1-5H3,(H,35,36). The number of amides is 2. The summed E-state index contributed by atoms with van der Waals surface area (Å²) < 4.78 is 61.8. The maximum absolute atomic E-state index is 14.9. The fourth-order valence-corrected chi connectivity index (χ4v) is 6.53. The molecule has 2 aromatic carbocycles. The third kappa shape index (κ3) is 8.23. The number of rotatable bonds is 8. The van der Waals surface area contributed by atoms with Crippen molar-refractivity contribution in [2.75, 3.05) is 0 Å². The predicted octanol–water partition coefficient (Wildman–Crippen LogP) is 7.41. The highest BCUT2D eigenvalue weighted by molar-refractivity contribution is 7.91. The van der Waals surface area contributed by atoms with Crippen LogP contribution in [-0.4, -0.2) is 41.2 Å². The average molecular weight is 609 g/mol. The van der Waals surface area contributed by atoms with Gasteiger partial charge in [-0.2, -0.15) is 0 Å². The Morgan fingerprint density at radius 2 is 1.66 bits per heavy atom. The maximum atomic E-state index is 14.9. The molecule has 2 amide bonds. The van der Waals surface area contributed by atoms with Crippen LogP contribution in [0.3, 0.4) is 0 Å². The minimum Gasteiger partial charge on any atom is -0.465 e. The number of carbonyl (C=O) groups excluding carboxylic acids is 1. The maximum Gasteiger partial charge on any atom is 0.420 e. The number of nitrogens with zero attached hydrogens (tertiary/aromatic N) is 2. The van der Waals surface area contributed by atoms with Crippen molar-refractivity contribution in [3.05, 3.63) is 94.3 Å². The number of carboxylic acid groups (broad SMARTS) is 1. The zero-order valence-corrected chi connectivity index (χ0v) is 24.8. The minimum atomic E-state index is -4.37. The van der Waals surface area contributed by atoms with Gasteiger partial charge in [0.25, 0.3) is 0 Å². The van der Waals surface area contributed by atoms with Gasteiger partial charge in [-0.3, -0.25) is 4.98 Å². The molecule has 3 aromatic rings. The van der Waals surface area contributed by atoms with Crippen LogP contribution in [0.1, 0.15) is 63.1 Å². The molecule has 12 heteroatoms. The second kappa shape index (κ2) is 12.1. The molecule has 0 saturated heterocycles. The number of pyridine rings is 1. The molecular weight excluding hydrogens is 578 g/mol. The summed E-state index contributed by atoms with van der Waals surface area (Å²) in [5.41, 5.74) is -1.53. The highest BCUT2D eigenvalue weighted by atomic mass is 35.5. The zero-order valence-electron chi connectivity index (χ0n) is 23.2. The van der Waals surface area contributed by atoms with E-state index in [1.54, 1.807) is 13.8 Å². The first-order valence-electron chi connectivity index (χ1n) is 12.5. The van der Waals surface area contributed by atoms with Crippen molar-refractivity contribution in [3.8, 4) is 0 Å². The van der Waals surface area contributed by atoms with E-state index in [9.17, 15) is 31.9 Å². The predicted molar refractivity (Wildman–Crippen MR) is 149 cm³/mol. The van der Waals surface area contributed by atoms with Gasteiger partial charge in [0.15, 0.2) is 9.84 Å². The molecule has 0 saturated carbocycles. The van der Waals surface area contributed by atoms with E-state index < -0.39 is 56.6 Å². The zero-order chi connectivity index (χ0) is 30.8. The quantitative estimate of drug-likeness (QED) is 0.283. The van der Waals surface area contributed by atoms with Gasteiger partial charge in [-0.15, -0.1) is 0 Å². The fourth-order valence-electron chi connectivity index (χ4n) is 4.64. The third-order valence-corrected chi connectivity index (χ3v) is 8.22. The van der Waals surface area contributed by atoms with Gasteiger partial charge < -0.3 is 9.84 Å². The third-order valence-electron chi connectivity index (χ3n) is 5.92. The van der Waals surface area contributed by atoms with Gasteiger partial charge in [-0.25, -0.2) is 31.7 Å². The van der Waals surface area contributed by atoms with Crippen LogP contribution in [0.15, 0.2) is 65.7 Å². The first-order valence-corrected chi connectivity index (χ1v) is 14.4. The number of hydrogen-bond acceptors (Lipinski definition) is 6. The van der Waals surface area contributed by atoms with Crippen LogP contribution in [-0.2, 0) is 21.1 Å². The van der Waals surface area contributed by atoms with Crippen LogP contribution in [0, 0.1) is 17.0 Å². The molecule has 0 aliphatic rings. The number of halogens is 3. The normalized spacial score (nSPS) is 13.0. The molecule has 0 fully saturated rings. The Labute approximate surface area is 242 Å². The van der Waals surface area contributed by atoms with Crippen molar-refractivity contribution in [3.63, 3.8) is 0 Å². The number of ether oxygens (including phenoxy) is 1. The van der Waals surface area contributed by atoms with Crippen molar-refractivity contribution in [2.45, 2.75) is 63.3 Å². The second-order valence-corrected chi connectivity index (χ2v) is 13.8. The number of aromatic nitrogens is 1. The largest absolute Gasteiger partial charge is 0.465 e. The van der Waals surface area contributed by atoms with E-state index in [0.29, 0.717) is 11.3 Å². The molecule has 1 atom stereocenters. The van der Waals surface area contributed by atoms with Crippen molar-refractivity contribution in [1.29, 1.82) is 0 Å². The lowest BCUT2D eigenvalue weighted by Crippen LogP contribution is -2.42. The highest BCUT2D eigenvalue weighted by Gasteiger charge is 2.36. The monoisotopic (exact) mass is 608 g/mol. The van der Waals surface area contributed by atoms with Gasteiger partial charge in [0.05, 0.1) is 17.1 Å². The highest BCUT2D eigenvalue weighted by Crippen LogP contribution is 2.36. The van der Waals surface area contributed by atoms with Crippen LogP contribution in [0.25, 0.3) is 0 Å². The molecule has 3 rings (SSSR count). The molecule has 220 valence electrons. The van der Waals surface area contributed by atoms with Crippen molar-refractivity contribution < 1.29 is 36.6 Å². The fraction of sp³-hybridized carbons (Fsp3) is 0.345. The van der Waals surface area contributed by atoms with E-state index in [1.807, 2.05) is 20.8 Å². The molecule has 0 aliphatic heterocycles. The van der Waals surface area contributed by atoms with Gasteiger partial charge >= 0.3 is 12.2 Å². The number of sulfone groups is 1. The van der Waals surface area contributed by atoms with Crippen LogP contribution in [0.4, 0.5) is 18.4 Å². The molecule has 0 aliphatic carbocycles. The summed E-state index contributed by atoms with van der Waals surface area (Å²) in [7, 11) is -4.37. The Kier molecular flexibility index (Phi) is 9.44. The molecule has 1 aromatic heterocycles. The van der Waals surface area contributed by atoms with E-state index in [-0.39, 0.29) is 26.6 Å². The van der Waals surface area contributed by atoms with Gasteiger partial charge in [0.1, 0.15) is 22.5 Å². The molecule has 8 nitrogen and oxygen atoms in total. The van der Waals surface area contributed by atoms with Crippen molar-refractivity contribution in [1.82, 2.24) is 9.88 Å². The Morgan fingerprint density at radius 1 is 1.02 bits per heavy atom. The van der Waals surface area contributed by atoms with Gasteiger partial charge in [0.2, 0.25) is 0 Å². The number of carbonyl (C=O) groups is 2. The summed E-state index contributed by atoms with van der Waals surface area (Å²) in [5.74, 6) is -1.81. The minimum absolute atomic E-state index is 0.149. The van der Waals surface area contributed by atoms with Crippen LogP contribution < -0.4 is 0 Å². The molecular formula is C29H31ClF2N2O6S. The van der Waals surface area contributed by atoms with Crippen LogP contribution in [0.5, 0.6) is 0 Å². The Bertz CT molecular complexity index is 1520. The molecule has 0 radical (unpaired) electrons. The summed E-state index contributed by atoms with van der Waals surface area (Å²) in [5, 5.41) is 8.21. The lowest BCUT2D eigenvalue weighted by atomic mass is 9.84. The molecule has 41 heavy (non-hydrogen) atoms. The number of imide groups is 1. The molecule has 1 heterocycles. The topological polar surface area (TPSA) is 114 Å². The number of benzene rings is 2. The first-order chi connectivity index (χ1) is 18.9. The second-order valence-electron chi connectivity index (χ2n) is 11.4. The van der Waals surface area contributed by atoms with E-state index in [2.05, 4.69) is 4.98 Å². The lowest BCUT2D eigenvalue weighted by Gasteiger charge is -2.33. The lowest BCUT2D eigenvalue weighted by molar-refractivity contribution is -0.00814. The van der Waals surface area contributed by atoms with Crippen molar-refractivity contribution >= 4 is 33.6 Å². The summed E-state index contributed by atoms with van der Waals surface area (Å²) >= 11 is 5.89. The van der Waals surface area contributed by atoms with Crippen LogP contribution in [0.2, 0.25) is 5.02 Å². The Hall–Kier alpha value is -3.57. The molecule has 0 bridgehead atoms. The molecule has 1 N–H and O–H groups in total. The van der Waals surface area contributed by atoms with Gasteiger partial charge in [-0.05, 0) is 79.8 Å². The van der Waals surface area contributed by atoms with E-state index in [0.717, 1.165) is 18.2 Å². The Balaban J connectivity index is 1.97. The van der Waals surface area contributed by atoms with Gasteiger partial charge in [-0.1, -0.05) is 38.4 Å². The number of hydrogen-bond donors (Lipinski definition) is 1. The summed E-state index contributed by atoms with van der Waals surface area (Å²) in [6, 6.07) is 10.3. The van der Waals surface area contributed by atoms with Gasteiger partial charge in [0, 0.05) is 16.8 Å². The molecule has 1 unspecified atom stereocenters. The Morgan fingerprint density at radius 3 is 2.20 bits per heavy atom. The first kappa shape index (κ1) is 32.0. The average Bonchev–Trinajstić information content (AvgIpc) is 2.83. The van der Waals surface area contributed by atoms with E-state index in [1.165, 1.54) is 42.6 Å².